The van der Waals surface area contributed by atoms with Gasteiger partial charge < -0.3 is 9.32 Å². The molecule has 25 heavy (non-hydrogen) atoms. The fourth-order valence-electron chi connectivity index (χ4n) is 4.27. The van der Waals surface area contributed by atoms with Gasteiger partial charge in [0, 0.05) is 19.6 Å². The number of benzene rings is 1. The maximum absolute atomic E-state index is 12.4. The van der Waals surface area contributed by atoms with Crippen molar-refractivity contribution in [2.75, 3.05) is 26.2 Å². The van der Waals surface area contributed by atoms with Crippen LogP contribution in [0, 0.1) is 5.41 Å². The Balaban J connectivity index is 1.29. The van der Waals surface area contributed by atoms with Gasteiger partial charge in [0.15, 0.2) is 5.76 Å². The first-order valence-corrected chi connectivity index (χ1v) is 9.33. The second-order valence-corrected chi connectivity index (χ2v) is 7.53. The molecule has 1 amide bonds. The Hall–Kier alpha value is -2.07. The van der Waals surface area contributed by atoms with E-state index in [2.05, 4.69) is 35.2 Å². The van der Waals surface area contributed by atoms with Crippen molar-refractivity contribution in [2.45, 2.75) is 32.2 Å². The Morgan fingerprint density at radius 2 is 1.60 bits per heavy atom. The third kappa shape index (κ3) is 3.64. The molecular formula is C21H26N2O2. The van der Waals surface area contributed by atoms with Crippen LogP contribution in [0.1, 0.15) is 41.8 Å². The summed E-state index contributed by atoms with van der Waals surface area (Å²) in [6.45, 7) is 5.11. The Morgan fingerprint density at radius 3 is 2.24 bits per heavy atom. The molecule has 132 valence electrons. The van der Waals surface area contributed by atoms with Crippen molar-refractivity contribution >= 4 is 5.91 Å². The lowest BCUT2D eigenvalue weighted by molar-refractivity contribution is 0.0270. The lowest BCUT2D eigenvalue weighted by atomic mass is 9.71. The minimum atomic E-state index is 0.0429. The average molecular weight is 338 g/mol. The quantitative estimate of drug-likeness (QED) is 0.854. The number of hydrogen-bond donors (Lipinski definition) is 0. The number of amides is 1. The standard InChI is InChI=1S/C21H26N2O2/c24-20(19-7-4-16-25-19)23-14-10-21(11-15-23)8-12-22(13-9-21)17-18-5-2-1-3-6-18/h1-7,16H,8-15,17H2. The van der Waals surface area contributed by atoms with Crippen molar-refractivity contribution in [3.05, 3.63) is 60.1 Å². The van der Waals surface area contributed by atoms with E-state index in [1.54, 1.807) is 18.4 Å². The molecule has 0 atom stereocenters. The summed E-state index contributed by atoms with van der Waals surface area (Å²) in [6.07, 6.45) is 6.32. The molecule has 2 saturated heterocycles. The number of piperidine rings is 2. The molecule has 3 heterocycles. The normalized spacial score (nSPS) is 20.7. The average Bonchev–Trinajstić information content (AvgIpc) is 3.20. The molecular weight excluding hydrogens is 312 g/mol. The molecule has 0 saturated carbocycles. The molecule has 1 spiro atoms. The Bertz CT molecular complexity index is 678. The molecule has 0 unspecified atom stereocenters. The molecule has 4 nitrogen and oxygen atoms in total. The number of hydrogen-bond acceptors (Lipinski definition) is 3. The molecule has 2 aliphatic rings. The largest absolute Gasteiger partial charge is 0.459 e. The summed E-state index contributed by atoms with van der Waals surface area (Å²) in [5.74, 6) is 0.509. The summed E-state index contributed by atoms with van der Waals surface area (Å²) in [7, 11) is 0. The van der Waals surface area contributed by atoms with Crippen molar-refractivity contribution < 1.29 is 9.21 Å². The molecule has 0 N–H and O–H groups in total. The molecule has 4 heteroatoms. The van der Waals surface area contributed by atoms with Gasteiger partial charge in [-0.15, -0.1) is 0 Å². The zero-order chi connectivity index (χ0) is 17.1. The van der Waals surface area contributed by atoms with Crippen molar-refractivity contribution in [3.63, 3.8) is 0 Å². The first-order chi connectivity index (χ1) is 12.2. The highest BCUT2D eigenvalue weighted by atomic mass is 16.3. The predicted octanol–water partition coefficient (Wildman–Crippen LogP) is 3.80. The van der Waals surface area contributed by atoms with Gasteiger partial charge in [-0.3, -0.25) is 9.69 Å². The van der Waals surface area contributed by atoms with E-state index in [1.165, 1.54) is 31.5 Å². The lowest BCUT2D eigenvalue weighted by Crippen LogP contribution is -2.48. The zero-order valence-electron chi connectivity index (χ0n) is 14.7. The fraction of sp³-hybridized carbons (Fsp3) is 0.476. The van der Waals surface area contributed by atoms with Crippen LogP contribution in [0.4, 0.5) is 0 Å². The first-order valence-electron chi connectivity index (χ1n) is 9.33. The van der Waals surface area contributed by atoms with Crippen LogP contribution in [0.2, 0.25) is 0 Å². The lowest BCUT2D eigenvalue weighted by Gasteiger charge is -2.46. The highest BCUT2D eigenvalue weighted by Gasteiger charge is 2.38. The number of nitrogens with zero attached hydrogens (tertiary/aromatic N) is 2. The van der Waals surface area contributed by atoms with E-state index < -0.39 is 0 Å². The third-order valence-corrected chi connectivity index (χ3v) is 6.01. The summed E-state index contributed by atoms with van der Waals surface area (Å²) >= 11 is 0. The molecule has 2 fully saturated rings. The minimum absolute atomic E-state index is 0.0429. The zero-order valence-corrected chi connectivity index (χ0v) is 14.7. The third-order valence-electron chi connectivity index (χ3n) is 6.01. The molecule has 2 aromatic rings. The molecule has 1 aromatic heterocycles. The van der Waals surface area contributed by atoms with Crippen molar-refractivity contribution in [1.82, 2.24) is 9.80 Å². The van der Waals surface area contributed by atoms with Crippen LogP contribution in [0.15, 0.2) is 53.1 Å². The number of carbonyl (C=O) groups is 1. The number of furan rings is 1. The van der Waals surface area contributed by atoms with Gasteiger partial charge in [-0.05, 0) is 61.9 Å². The van der Waals surface area contributed by atoms with Crippen LogP contribution >= 0.6 is 0 Å². The van der Waals surface area contributed by atoms with Crippen molar-refractivity contribution in [3.8, 4) is 0 Å². The van der Waals surface area contributed by atoms with Crippen LogP contribution in [0.3, 0.4) is 0 Å². The van der Waals surface area contributed by atoms with E-state index in [1.807, 2.05) is 4.90 Å². The van der Waals surface area contributed by atoms with Gasteiger partial charge in [-0.25, -0.2) is 0 Å². The molecule has 0 radical (unpaired) electrons. The molecule has 0 bridgehead atoms. The summed E-state index contributed by atoms with van der Waals surface area (Å²) in [6, 6.07) is 14.3. The van der Waals surface area contributed by atoms with Crippen molar-refractivity contribution in [1.29, 1.82) is 0 Å². The van der Waals surface area contributed by atoms with E-state index in [0.717, 1.165) is 32.5 Å². The van der Waals surface area contributed by atoms with Gasteiger partial charge in [-0.1, -0.05) is 30.3 Å². The van der Waals surface area contributed by atoms with Gasteiger partial charge in [0.05, 0.1) is 6.26 Å². The number of carbonyl (C=O) groups excluding carboxylic acids is 1. The maximum Gasteiger partial charge on any atom is 0.289 e. The topological polar surface area (TPSA) is 36.7 Å². The van der Waals surface area contributed by atoms with E-state index in [0.29, 0.717) is 11.2 Å². The number of rotatable bonds is 3. The second-order valence-electron chi connectivity index (χ2n) is 7.53. The Labute approximate surface area is 149 Å². The highest BCUT2D eigenvalue weighted by molar-refractivity contribution is 5.91. The van der Waals surface area contributed by atoms with E-state index in [4.69, 9.17) is 4.42 Å². The molecule has 0 aliphatic carbocycles. The van der Waals surface area contributed by atoms with E-state index in [9.17, 15) is 4.79 Å². The van der Waals surface area contributed by atoms with Gasteiger partial charge in [-0.2, -0.15) is 0 Å². The van der Waals surface area contributed by atoms with Crippen LogP contribution in [-0.4, -0.2) is 41.9 Å². The van der Waals surface area contributed by atoms with Crippen LogP contribution in [0.5, 0.6) is 0 Å². The molecule has 1 aromatic carbocycles. The van der Waals surface area contributed by atoms with Crippen LogP contribution < -0.4 is 0 Å². The number of likely N-dealkylation sites (tertiary alicyclic amines) is 2. The predicted molar refractivity (Wildman–Crippen MR) is 97.2 cm³/mol. The van der Waals surface area contributed by atoms with Crippen LogP contribution in [0.25, 0.3) is 0 Å². The van der Waals surface area contributed by atoms with E-state index in [-0.39, 0.29) is 5.91 Å². The first kappa shape index (κ1) is 16.4. The van der Waals surface area contributed by atoms with Crippen molar-refractivity contribution in [2.24, 2.45) is 5.41 Å². The highest BCUT2D eigenvalue weighted by Crippen LogP contribution is 2.41. The van der Waals surface area contributed by atoms with Gasteiger partial charge in [0.1, 0.15) is 0 Å². The van der Waals surface area contributed by atoms with Crippen LogP contribution in [-0.2, 0) is 6.54 Å². The summed E-state index contributed by atoms with van der Waals surface area (Å²) in [4.78, 5) is 16.9. The summed E-state index contributed by atoms with van der Waals surface area (Å²) in [5, 5.41) is 0. The Kier molecular flexibility index (Phi) is 4.62. The van der Waals surface area contributed by atoms with Gasteiger partial charge >= 0.3 is 0 Å². The smallest absolute Gasteiger partial charge is 0.289 e. The van der Waals surface area contributed by atoms with Gasteiger partial charge in [0.2, 0.25) is 0 Å². The van der Waals surface area contributed by atoms with E-state index >= 15 is 0 Å². The van der Waals surface area contributed by atoms with Gasteiger partial charge in [0.25, 0.3) is 5.91 Å². The fourth-order valence-corrected chi connectivity index (χ4v) is 4.27. The second kappa shape index (κ2) is 7.04. The Morgan fingerprint density at radius 1 is 0.920 bits per heavy atom. The molecule has 2 aliphatic heterocycles. The molecule has 4 rings (SSSR count). The summed E-state index contributed by atoms with van der Waals surface area (Å²) < 4.78 is 5.26. The summed E-state index contributed by atoms with van der Waals surface area (Å²) in [5.41, 5.74) is 1.84. The SMILES string of the molecule is O=C(c1ccco1)N1CCC2(CCN(Cc3ccccc3)CC2)CC1. The monoisotopic (exact) mass is 338 g/mol. The maximum atomic E-state index is 12.4. The minimum Gasteiger partial charge on any atom is -0.459 e.